The van der Waals surface area contributed by atoms with E-state index in [0.29, 0.717) is 0 Å². The van der Waals surface area contributed by atoms with Crippen molar-refractivity contribution < 1.29 is 4.79 Å². The van der Waals surface area contributed by atoms with E-state index < -0.39 is 0 Å². The Hall–Kier alpha value is -2.13. The normalized spacial score (nSPS) is 12.1. The third kappa shape index (κ3) is 3.42. The van der Waals surface area contributed by atoms with Crippen LogP contribution in [0.2, 0.25) is 0 Å². The summed E-state index contributed by atoms with van der Waals surface area (Å²) in [6.45, 7) is 2.06. The van der Waals surface area contributed by atoms with Gasteiger partial charge in [-0.15, -0.1) is 0 Å². The van der Waals surface area contributed by atoms with Crippen LogP contribution in [0.15, 0.2) is 48.5 Å². The van der Waals surface area contributed by atoms with Crippen molar-refractivity contribution in [3.05, 3.63) is 59.7 Å². The molecule has 1 atom stereocenters. The molecule has 1 amide bonds. The summed E-state index contributed by atoms with van der Waals surface area (Å²) in [5.41, 5.74) is 15.5. The molecule has 0 aliphatic rings. The Balaban J connectivity index is 2.31. The summed E-state index contributed by atoms with van der Waals surface area (Å²) >= 11 is 0. The molecule has 98 valence electrons. The third-order valence-electron chi connectivity index (χ3n) is 3.09. The van der Waals surface area contributed by atoms with Crippen LogP contribution >= 0.6 is 0 Å². The largest absolute Gasteiger partial charge is 0.370 e. The van der Waals surface area contributed by atoms with Crippen LogP contribution in [0.4, 0.5) is 0 Å². The first kappa shape index (κ1) is 13.3. The average molecular weight is 254 g/mol. The Morgan fingerprint density at radius 3 is 2.37 bits per heavy atom. The molecule has 2 aromatic rings. The van der Waals surface area contributed by atoms with Gasteiger partial charge in [-0.1, -0.05) is 48.0 Å². The van der Waals surface area contributed by atoms with Gasteiger partial charge in [-0.3, -0.25) is 4.79 Å². The predicted molar refractivity (Wildman–Crippen MR) is 77.4 cm³/mol. The average Bonchev–Trinajstić information content (AvgIpc) is 2.38. The van der Waals surface area contributed by atoms with Gasteiger partial charge in [-0.05, 0) is 29.7 Å². The number of hydrogen-bond donors (Lipinski definition) is 2. The van der Waals surface area contributed by atoms with Gasteiger partial charge in [0.05, 0.1) is 0 Å². The van der Waals surface area contributed by atoms with Gasteiger partial charge in [0.1, 0.15) is 0 Å². The van der Waals surface area contributed by atoms with Crippen LogP contribution in [0.3, 0.4) is 0 Å². The first-order chi connectivity index (χ1) is 9.06. The predicted octanol–water partition coefficient (Wildman–Crippen LogP) is 2.54. The molecule has 0 aromatic heterocycles. The Kier molecular flexibility index (Phi) is 3.97. The molecule has 0 saturated heterocycles. The minimum Gasteiger partial charge on any atom is -0.370 e. The van der Waals surface area contributed by atoms with Crippen LogP contribution in [-0.4, -0.2) is 5.91 Å². The van der Waals surface area contributed by atoms with E-state index in [1.54, 1.807) is 0 Å². The molecule has 0 radical (unpaired) electrons. The highest BCUT2D eigenvalue weighted by atomic mass is 16.1. The molecule has 0 spiro atoms. The molecule has 1 unspecified atom stereocenters. The second-order valence-corrected chi connectivity index (χ2v) is 4.77. The summed E-state index contributed by atoms with van der Waals surface area (Å²) in [5, 5.41) is 0. The standard InChI is InChI=1S/C16H18N2O/c1-11-4-2-5-12(8-11)13-6-3-7-14(9-13)15(17)10-16(18)19/h2-9,15H,10,17H2,1H3,(H2,18,19). The second kappa shape index (κ2) is 5.67. The van der Waals surface area contributed by atoms with Crippen LogP contribution in [-0.2, 0) is 4.79 Å². The number of amides is 1. The number of carbonyl (C=O) groups excluding carboxylic acids is 1. The molecule has 19 heavy (non-hydrogen) atoms. The van der Waals surface area contributed by atoms with Gasteiger partial charge in [-0.25, -0.2) is 0 Å². The zero-order valence-electron chi connectivity index (χ0n) is 11.0. The van der Waals surface area contributed by atoms with E-state index in [1.165, 1.54) is 5.56 Å². The highest BCUT2D eigenvalue weighted by Gasteiger charge is 2.10. The number of rotatable bonds is 4. The Bertz CT molecular complexity index is 593. The minimum atomic E-state index is -0.381. The summed E-state index contributed by atoms with van der Waals surface area (Å²) in [6.07, 6.45) is 0.164. The van der Waals surface area contributed by atoms with Crippen molar-refractivity contribution in [2.45, 2.75) is 19.4 Å². The summed E-state index contributed by atoms with van der Waals surface area (Å²) in [4.78, 5) is 10.9. The SMILES string of the molecule is Cc1cccc(-c2cccc(C(N)CC(N)=O)c2)c1. The summed E-state index contributed by atoms with van der Waals surface area (Å²) < 4.78 is 0. The molecule has 0 fully saturated rings. The number of primary amides is 1. The van der Waals surface area contributed by atoms with Crippen LogP contribution < -0.4 is 11.5 Å². The van der Waals surface area contributed by atoms with Gasteiger partial charge in [0.2, 0.25) is 5.91 Å². The fraction of sp³-hybridized carbons (Fsp3) is 0.188. The molecule has 0 aliphatic carbocycles. The molecule has 0 bridgehead atoms. The third-order valence-corrected chi connectivity index (χ3v) is 3.09. The molecule has 3 heteroatoms. The first-order valence-electron chi connectivity index (χ1n) is 6.27. The first-order valence-corrected chi connectivity index (χ1v) is 6.27. The van der Waals surface area contributed by atoms with Crippen molar-refractivity contribution in [1.29, 1.82) is 0 Å². The van der Waals surface area contributed by atoms with Gasteiger partial charge in [0, 0.05) is 12.5 Å². The lowest BCUT2D eigenvalue weighted by Crippen LogP contribution is -2.20. The van der Waals surface area contributed by atoms with E-state index in [4.69, 9.17) is 11.5 Å². The van der Waals surface area contributed by atoms with Gasteiger partial charge in [0.15, 0.2) is 0 Å². The lowest BCUT2D eigenvalue weighted by Gasteiger charge is -2.12. The van der Waals surface area contributed by atoms with Crippen LogP contribution in [0.25, 0.3) is 11.1 Å². The molecular weight excluding hydrogens is 236 g/mol. The quantitative estimate of drug-likeness (QED) is 0.880. The maximum Gasteiger partial charge on any atom is 0.219 e. The van der Waals surface area contributed by atoms with Crippen molar-refractivity contribution in [1.82, 2.24) is 0 Å². The number of carbonyl (C=O) groups is 1. The summed E-state index contributed by atoms with van der Waals surface area (Å²) in [5.74, 6) is -0.381. The van der Waals surface area contributed by atoms with E-state index in [0.717, 1.165) is 16.7 Å². The summed E-state index contributed by atoms with van der Waals surface area (Å²) in [6, 6.07) is 15.9. The van der Waals surface area contributed by atoms with E-state index in [-0.39, 0.29) is 18.4 Å². The highest BCUT2D eigenvalue weighted by molar-refractivity contribution is 5.75. The van der Waals surface area contributed by atoms with Gasteiger partial charge in [-0.2, -0.15) is 0 Å². The molecule has 0 aliphatic heterocycles. The fourth-order valence-corrected chi connectivity index (χ4v) is 2.11. The molecule has 2 aromatic carbocycles. The molecular formula is C16H18N2O. The Morgan fingerprint density at radius 1 is 1.11 bits per heavy atom. The lowest BCUT2D eigenvalue weighted by molar-refractivity contribution is -0.118. The maximum absolute atomic E-state index is 10.9. The zero-order valence-corrected chi connectivity index (χ0v) is 11.0. The molecule has 0 saturated carbocycles. The van der Waals surface area contributed by atoms with Crippen molar-refractivity contribution in [2.24, 2.45) is 11.5 Å². The molecule has 3 nitrogen and oxygen atoms in total. The van der Waals surface area contributed by atoms with E-state index in [2.05, 4.69) is 25.1 Å². The lowest BCUT2D eigenvalue weighted by atomic mass is 9.97. The minimum absolute atomic E-state index is 0.164. The van der Waals surface area contributed by atoms with Gasteiger partial charge in [0.25, 0.3) is 0 Å². The smallest absolute Gasteiger partial charge is 0.219 e. The zero-order chi connectivity index (χ0) is 13.8. The van der Waals surface area contributed by atoms with Gasteiger partial charge < -0.3 is 11.5 Å². The molecule has 4 N–H and O–H groups in total. The van der Waals surface area contributed by atoms with Crippen molar-refractivity contribution in [3.8, 4) is 11.1 Å². The number of aryl methyl sites for hydroxylation is 1. The van der Waals surface area contributed by atoms with Crippen LogP contribution in [0.1, 0.15) is 23.6 Å². The Morgan fingerprint density at radius 2 is 1.74 bits per heavy atom. The van der Waals surface area contributed by atoms with Crippen molar-refractivity contribution >= 4 is 5.91 Å². The van der Waals surface area contributed by atoms with Crippen molar-refractivity contribution in [2.75, 3.05) is 0 Å². The van der Waals surface area contributed by atoms with Crippen molar-refractivity contribution in [3.63, 3.8) is 0 Å². The van der Waals surface area contributed by atoms with Gasteiger partial charge >= 0.3 is 0 Å². The Labute approximate surface area is 113 Å². The topological polar surface area (TPSA) is 69.1 Å². The van der Waals surface area contributed by atoms with Crippen LogP contribution in [0.5, 0.6) is 0 Å². The van der Waals surface area contributed by atoms with Crippen LogP contribution in [0, 0.1) is 6.92 Å². The highest BCUT2D eigenvalue weighted by Crippen LogP contribution is 2.24. The maximum atomic E-state index is 10.9. The van der Waals surface area contributed by atoms with E-state index in [1.807, 2.05) is 30.3 Å². The molecule has 0 heterocycles. The molecule has 2 rings (SSSR count). The fourth-order valence-electron chi connectivity index (χ4n) is 2.11. The van der Waals surface area contributed by atoms with E-state index >= 15 is 0 Å². The number of nitrogens with two attached hydrogens (primary N) is 2. The number of benzene rings is 2. The summed E-state index contributed by atoms with van der Waals surface area (Å²) in [7, 11) is 0. The monoisotopic (exact) mass is 254 g/mol. The number of hydrogen-bond acceptors (Lipinski definition) is 2. The van der Waals surface area contributed by atoms with E-state index in [9.17, 15) is 4.79 Å². The second-order valence-electron chi connectivity index (χ2n) is 4.77.